The van der Waals surface area contributed by atoms with Gasteiger partial charge in [-0.25, -0.2) is 9.80 Å². The highest BCUT2D eigenvalue weighted by Crippen LogP contribution is 2.27. The maximum atomic E-state index is 12.2. The molecule has 2 N–H and O–H groups in total. The predicted molar refractivity (Wildman–Crippen MR) is 94.4 cm³/mol. The van der Waals surface area contributed by atoms with Gasteiger partial charge in [0.05, 0.1) is 24.9 Å². The average molecular weight is 388 g/mol. The van der Waals surface area contributed by atoms with E-state index in [-0.39, 0.29) is 23.9 Å². The van der Waals surface area contributed by atoms with Gasteiger partial charge in [0.25, 0.3) is 10.0 Å². The number of benzene rings is 2. The van der Waals surface area contributed by atoms with Crippen molar-refractivity contribution >= 4 is 28.0 Å². The average Bonchev–Trinajstić information content (AvgIpc) is 2.91. The second kappa shape index (κ2) is 7.17. The van der Waals surface area contributed by atoms with Crippen molar-refractivity contribution < 1.29 is 28.5 Å². The Labute approximate surface area is 154 Å². The van der Waals surface area contributed by atoms with E-state index in [4.69, 9.17) is 5.11 Å². The van der Waals surface area contributed by atoms with Crippen LogP contribution >= 0.6 is 0 Å². The number of carbonyl (C=O) groups is 1. The van der Waals surface area contributed by atoms with Gasteiger partial charge in [-0.15, -0.1) is 4.40 Å². The fourth-order valence-corrected chi connectivity index (χ4v) is 3.73. The van der Waals surface area contributed by atoms with Crippen molar-refractivity contribution in [2.75, 3.05) is 13.2 Å². The summed E-state index contributed by atoms with van der Waals surface area (Å²) in [4.78, 5) is 11.1. The van der Waals surface area contributed by atoms with Gasteiger partial charge in [0.2, 0.25) is 0 Å². The molecular weight excluding hydrogens is 374 g/mol. The van der Waals surface area contributed by atoms with Gasteiger partial charge in [0.15, 0.2) is 5.84 Å². The Balaban J connectivity index is 1.98. The molecule has 0 saturated carbocycles. The smallest absolute Gasteiger partial charge is 0.335 e. The zero-order chi connectivity index (χ0) is 19.6. The zero-order valence-electron chi connectivity index (χ0n) is 13.8. The number of hydrogen-bond acceptors (Lipinski definition) is 7. The molecule has 0 unspecified atom stereocenters. The first-order chi connectivity index (χ1) is 12.8. The molecule has 3 rings (SSSR count). The van der Waals surface area contributed by atoms with E-state index < -0.39 is 27.3 Å². The second-order valence-corrected chi connectivity index (χ2v) is 7.11. The van der Waals surface area contributed by atoms with Crippen LogP contribution in [0.2, 0.25) is 0 Å². The van der Waals surface area contributed by atoms with Gasteiger partial charge in [-0.3, -0.25) is 0 Å². The summed E-state index contributed by atoms with van der Waals surface area (Å²) < 4.78 is 28.1. The van der Waals surface area contributed by atoms with Crippen LogP contribution in [0.4, 0.5) is 0 Å². The summed E-state index contributed by atoms with van der Waals surface area (Å²) >= 11 is 0. The molecule has 10 heteroatoms. The summed E-state index contributed by atoms with van der Waals surface area (Å²) in [6, 6.07) is 9.88. The van der Waals surface area contributed by atoms with E-state index in [2.05, 4.69) is 9.50 Å². The summed E-state index contributed by atoms with van der Waals surface area (Å²) in [7, 11) is -3.85. The largest absolute Gasteiger partial charge is 0.872 e. The van der Waals surface area contributed by atoms with Crippen LogP contribution in [0.1, 0.15) is 21.5 Å². The van der Waals surface area contributed by atoms with Crippen molar-refractivity contribution in [2.24, 2.45) is 9.50 Å². The van der Waals surface area contributed by atoms with E-state index in [1.165, 1.54) is 23.4 Å². The normalized spacial score (nSPS) is 14.8. The molecule has 1 aliphatic rings. The number of aliphatic hydroxyl groups excluding tert-OH is 1. The minimum atomic E-state index is -3.85. The lowest BCUT2D eigenvalue weighted by Crippen LogP contribution is -2.28. The Morgan fingerprint density at radius 1 is 1.26 bits per heavy atom. The molecule has 0 aliphatic carbocycles. The van der Waals surface area contributed by atoms with Crippen LogP contribution in [0.15, 0.2) is 56.9 Å². The Morgan fingerprint density at radius 3 is 2.70 bits per heavy atom. The number of carboxylic acid groups (broad SMARTS) is 1. The zero-order valence-corrected chi connectivity index (χ0v) is 14.6. The van der Waals surface area contributed by atoms with Gasteiger partial charge in [0, 0.05) is 5.56 Å². The number of nitrogens with zero attached hydrogens (tertiary/aromatic N) is 3. The van der Waals surface area contributed by atoms with E-state index in [1.807, 2.05) is 0 Å². The molecule has 9 nitrogen and oxygen atoms in total. The number of hydrogen-bond donors (Lipinski definition) is 2. The summed E-state index contributed by atoms with van der Waals surface area (Å²) in [6.45, 7) is -0.358. The van der Waals surface area contributed by atoms with E-state index in [0.717, 1.165) is 12.1 Å². The van der Waals surface area contributed by atoms with Crippen LogP contribution in [0.3, 0.4) is 0 Å². The van der Waals surface area contributed by atoms with E-state index in [0.29, 0.717) is 11.1 Å². The topological polar surface area (TPSA) is 143 Å². The lowest BCUT2D eigenvalue weighted by Gasteiger charge is -2.17. The Morgan fingerprint density at radius 2 is 2.00 bits per heavy atom. The summed E-state index contributed by atoms with van der Waals surface area (Å²) in [6.07, 6.45) is 1.26. The monoisotopic (exact) mass is 388 g/mol. The van der Waals surface area contributed by atoms with Crippen molar-refractivity contribution in [3.63, 3.8) is 0 Å². The number of hydrazone groups is 1. The quantitative estimate of drug-likeness (QED) is 0.551. The number of rotatable bonds is 5. The molecule has 0 fully saturated rings. The Hall–Kier alpha value is -3.24. The summed E-state index contributed by atoms with van der Waals surface area (Å²) in [5.74, 6) is -1.94. The molecule has 0 bridgehead atoms. The minimum Gasteiger partial charge on any atom is -0.872 e. The molecule has 0 saturated heterocycles. The first kappa shape index (κ1) is 18.5. The molecule has 0 amide bonds. The number of amidine groups is 1. The highest BCUT2D eigenvalue weighted by atomic mass is 32.2. The number of fused-ring (bicyclic) bond motifs is 1. The second-order valence-electron chi connectivity index (χ2n) is 5.54. The minimum absolute atomic E-state index is 0.0371. The molecule has 2 aromatic rings. The lowest BCUT2D eigenvalue weighted by molar-refractivity contribution is -0.268. The maximum Gasteiger partial charge on any atom is 0.335 e. The molecule has 140 valence electrons. The number of aliphatic hydroxyl groups is 1. The van der Waals surface area contributed by atoms with E-state index >= 15 is 0 Å². The third kappa shape index (κ3) is 3.66. The van der Waals surface area contributed by atoms with Gasteiger partial charge in [-0.05, 0) is 23.8 Å². The predicted octanol–water partition coefficient (Wildman–Crippen LogP) is 0.236. The van der Waals surface area contributed by atoms with Gasteiger partial charge in [-0.1, -0.05) is 30.0 Å². The van der Waals surface area contributed by atoms with E-state index in [9.17, 15) is 23.4 Å². The van der Waals surface area contributed by atoms with Gasteiger partial charge in [-0.2, -0.15) is 13.5 Å². The Bertz CT molecular complexity index is 1060. The first-order valence-electron chi connectivity index (χ1n) is 7.74. The summed E-state index contributed by atoms with van der Waals surface area (Å²) in [5, 5.41) is 35.1. The van der Waals surface area contributed by atoms with Crippen molar-refractivity contribution in [2.45, 2.75) is 4.90 Å². The fraction of sp³-hybridized carbons (Fsp3) is 0.118. The molecule has 0 aromatic heterocycles. The third-order valence-electron chi connectivity index (χ3n) is 3.75. The van der Waals surface area contributed by atoms with Crippen LogP contribution in [-0.2, 0) is 10.0 Å². The number of carboxylic acids is 1. The Kier molecular flexibility index (Phi) is 4.93. The highest BCUT2D eigenvalue weighted by molar-refractivity contribution is 7.90. The van der Waals surface area contributed by atoms with Gasteiger partial charge >= 0.3 is 5.97 Å². The van der Waals surface area contributed by atoms with Crippen LogP contribution in [0.25, 0.3) is 0 Å². The first-order valence-corrected chi connectivity index (χ1v) is 9.18. The van der Waals surface area contributed by atoms with Crippen LogP contribution in [0, 0.1) is 0 Å². The lowest BCUT2D eigenvalue weighted by atomic mass is 10.1. The van der Waals surface area contributed by atoms with Crippen LogP contribution in [0.5, 0.6) is 5.75 Å². The molecule has 2 aromatic carbocycles. The molecule has 0 spiro atoms. The highest BCUT2D eigenvalue weighted by Gasteiger charge is 2.31. The molecule has 1 aliphatic heterocycles. The SMILES string of the molecule is O=C(O)c1cc(/C=N/N(CCO)C2=NS(=O)(=O)c3ccccc32)ccc1[O-]. The van der Waals surface area contributed by atoms with Crippen molar-refractivity contribution in [3.8, 4) is 5.75 Å². The number of aromatic carboxylic acids is 1. The number of sulfonamides is 1. The summed E-state index contributed by atoms with van der Waals surface area (Å²) in [5.41, 5.74) is 0.271. The molecule has 0 radical (unpaired) electrons. The van der Waals surface area contributed by atoms with Gasteiger partial charge < -0.3 is 15.3 Å². The third-order valence-corrected chi connectivity index (χ3v) is 5.07. The van der Waals surface area contributed by atoms with Crippen LogP contribution < -0.4 is 5.11 Å². The standard InChI is InChI=1S/C17H15N3O6S/c21-8-7-20(16-12-3-1-2-4-15(12)27(25,26)19-16)18-10-11-5-6-14(22)13(9-11)17(23)24/h1-6,9-10,21-22H,7-8H2,(H,23,24)/p-1/b18-10+. The van der Waals surface area contributed by atoms with Crippen LogP contribution in [-0.4, -0.2) is 54.8 Å². The maximum absolute atomic E-state index is 12.2. The van der Waals surface area contributed by atoms with Crippen molar-refractivity contribution in [1.82, 2.24) is 5.01 Å². The van der Waals surface area contributed by atoms with Gasteiger partial charge in [0.1, 0.15) is 4.90 Å². The fourth-order valence-electron chi connectivity index (χ4n) is 2.52. The molecule has 27 heavy (non-hydrogen) atoms. The molecule has 1 heterocycles. The molecule has 0 atom stereocenters. The van der Waals surface area contributed by atoms with Crippen molar-refractivity contribution in [3.05, 3.63) is 59.2 Å². The van der Waals surface area contributed by atoms with E-state index in [1.54, 1.807) is 18.2 Å². The molecular formula is C17H14N3O6S-. The van der Waals surface area contributed by atoms with Crippen molar-refractivity contribution in [1.29, 1.82) is 0 Å².